The topological polar surface area (TPSA) is 75.6 Å². The summed E-state index contributed by atoms with van der Waals surface area (Å²) in [5.41, 5.74) is 0. The molecule has 52 valence electrons. The van der Waals surface area contributed by atoms with Crippen LogP contribution in [0.25, 0.3) is 0 Å². The van der Waals surface area contributed by atoms with Gasteiger partial charge in [0, 0.05) is 0 Å². The molecule has 5 nitrogen and oxygen atoms in total. The van der Waals surface area contributed by atoms with Crippen molar-refractivity contribution in [1.29, 1.82) is 0 Å². The van der Waals surface area contributed by atoms with Gasteiger partial charge in [0.25, 0.3) is 0 Å². The molecule has 9 heavy (non-hydrogen) atoms. The Balaban J connectivity index is 0. The molecule has 0 heterocycles. The zero-order valence-electron chi connectivity index (χ0n) is 4.29. The summed E-state index contributed by atoms with van der Waals surface area (Å²) in [6, 6.07) is 0. The van der Waals surface area contributed by atoms with Gasteiger partial charge in [0.1, 0.15) is 0 Å². The van der Waals surface area contributed by atoms with Crippen LogP contribution >= 0.6 is 0 Å². The van der Waals surface area contributed by atoms with Gasteiger partial charge in [-0.05, 0) is 6.92 Å². The molecule has 0 radical (unpaired) electrons. The van der Waals surface area contributed by atoms with Gasteiger partial charge in [0.05, 0.1) is 6.61 Å². The standard InChI is InChI=1S/C2H7NO4S.Na.H/c1-2-7-8(5,6)3-4;;/h3-4H,2H2,1H3;;. The van der Waals surface area contributed by atoms with Gasteiger partial charge < -0.3 is 5.21 Å². The molecule has 0 saturated heterocycles. The molecule has 0 atom stereocenters. The molecular weight excluding hydrogens is 157 g/mol. The van der Waals surface area contributed by atoms with Crippen LogP contribution in [0.3, 0.4) is 0 Å². The molecule has 0 aromatic heterocycles. The zero-order valence-corrected chi connectivity index (χ0v) is 5.10. The molecule has 0 aromatic rings. The molecule has 0 spiro atoms. The van der Waals surface area contributed by atoms with Crippen LogP contribution in [0, 0.1) is 0 Å². The summed E-state index contributed by atoms with van der Waals surface area (Å²) in [6.07, 6.45) is 0. The molecule has 0 aliphatic rings. The van der Waals surface area contributed by atoms with E-state index in [1.54, 1.807) is 0 Å². The Morgan fingerprint density at radius 2 is 2.11 bits per heavy atom. The number of hydrogen-bond donors (Lipinski definition) is 2. The minimum absolute atomic E-state index is 0. The zero-order chi connectivity index (χ0) is 6.62. The van der Waals surface area contributed by atoms with Crippen LogP contribution in [0.2, 0.25) is 0 Å². The summed E-state index contributed by atoms with van der Waals surface area (Å²) >= 11 is 0. The third kappa shape index (κ3) is 6.72. The van der Waals surface area contributed by atoms with E-state index < -0.39 is 10.3 Å². The Morgan fingerprint density at radius 3 is 2.22 bits per heavy atom. The van der Waals surface area contributed by atoms with Crippen molar-refractivity contribution >= 4 is 39.9 Å². The molecule has 0 fully saturated rings. The Kier molecular flexibility index (Phi) is 7.78. The SMILES string of the molecule is CCOS(=O)(=O)NO.[NaH]. The first-order chi connectivity index (χ1) is 3.62. The Morgan fingerprint density at radius 1 is 1.67 bits per heavy atom. The Hall–Kier alpha value is 0.830. The second kappa shape index (κ2) is 5.60. The van der Waals surface area contributed by atoms with Gasteiger partial charge in [-0.2, -0.15) is 8.42 Å². The normalized spacial score (nSPS) is 10.4. The quantitative estimate of drug-likeness (QED) is 0.398. The summed E-state index contributed by atoms with van der Waals surface area (Å²) in [4.78, 5) is 0.992. The van der Waals surface area contributed by atoms with E-state index in [-0.39, 0.29) is 36.2 Å². The van der Waals surface area contributed by atoms with E-state index >= 15 is 0 Å². The molecule has 2 N–H and O–H groups in total. The predicted octanol–water partition coefficient (Wildman–Crippen LogP) is -1.40. The van der Waals surface area contributed by atoms with E-state index in [9.17, 15) is 8.42 Å². The van der Waals surface area contributed by atoms with E-state index in [2.05, 4.69) is 4.18 Å². The predicted molar refractivity (Wildman–Crippen MR) is 32.6 cm³/mol. The molecule has 0 rings (SSSR count). The van der Waals surface area contributed by atoms with Gasteiger partial charge >= 0.3 is 39.9 Å². The van der Waals surface area contributed by atoms with Crippen LogP contribution in [0.5, 0.6) is 0 Å². The monoisotopic (exact) mass is 165 g/mol. The molecule has 0 unspecified atom stereocenters. The van der Waals surface area contributed by atoms with E-state index in [4.69, 9.17) is 5.21 Å². The van der Waals surface area contributed by atoms with Crippen molar-refractivity contribution in [2.45, 2.75) is 6.92 Å². The fourth-order valence-electron chi connectivity index (χ4n) is 0.182. The first-order valence-corrected chi connectivity index (χ1v) is 3.33. The first kappa shape index (κ1) is 12.5. The molecule has 0 aliphatic heterocycles. The molecule has 0 aromatic carbocycles. The number of nitrogens with one attached hydrogen (secondary N) is 1. The van der Waals surface area contributed by atoms with Gasteiger partial charge in [0.15, 0.2) is 0 Å². The van der Waals surface area contributed by atoms with Crippen LogP contribution in [-0.4, -0.2) is 49.8 Å². The number of rotatable bonds is 3. The number of hydrogen-bond acceptors (Lipinski definition) is 4. The third-order valence-electron chi connectivity index (χ3n) is 0.385. The molecular formula is C2H8NNaO4S. The van der Waals surface area contributed by atoms with Gasteiger partial charge in [-0.3, -0.25) is 4.18 Å². The van der Waals surface area contributed by atoms with Gasteiger partial charge in [-0.1, -0.05) is 4.89 Å². The van der Waals surface area contributed by atoms with Crippen LogP contribution in [0.4, 0.5) is 0 Å². The summed E-state index contributed by atoms with van der Waals surface area (Å²) < 4.78 is 24.0. The molecule has 0 amide bonds. The van der Waals surface area contributed by atoms with Gasteiger partial charge in [-0.15, -0.1) is 0 Å². The van der Waals surface area contributed by atoms with E-state index in [1.807, 2.05) is 0 Å². The third-order valence-corrected chi connectivity index (χ3v) is 1.15. The summed E-state index contributed by atoms with van der Waals surface area (Å²) in [5.74, 6) is 0. The second-order valence-electron chi connectivity index (χ2n) is 0.952. The van der Waals surface area contributed by atoms with Crippen molar-refractivity contribution in [3.05, 3.63) is 0 Å². The Labute approximate surface area is 75.9 Å². The maximum absolute atomic E-state index is 10.0. The summed E-state index contributed by atoms with van der Waals surface area (Å²) in [5, 5.41) is 7.76. The second-order valence-corrected chi connectivity index (χ2v) is 2.28. The van der Waals surface area contributed by atoms with Crippen LogP contribution < -0.4 is 4.89 Å². The average molecular weight is 165 g/mol. The molecule has 0 saturated carbocycles. The van der Waals surface area contributed by atoms with Crippen LogP contribution in [-0.2, 0) is 14.5 Å². The van der Waals surface area contributed by atoms with Crippen molar-refractivity contribution in [2.24, 2.45) is 0 Å². The maximum atomic E-state index is 10.0. The van der Waals surface area contributed by atoms with Crippen molar-refractivity contribution in [3.63, 3.8) is 0 Å². The Bertz CT molecular complexity index is 143. The van der Waals surface area contributed by atoms with Gasteiger partial charge in [0.2, 0.25) is 0 Å². The fourth-order valence-corrected chi connectivity index (χ4v) is 0.545. The van der Waals surface area contributed by atoms with Gasteiger partial charge in [-0.25, -0.2) is 0 Å². The van der Waals surface area contributed by atoms with Crippen LogP contribution in [0.15, 0.2) is 0 Å². The van der Waals surface area contributed by atoms with Crippen molar-refractivity contribution < 1.29 is 17.8 Å². The fraction of sp³-hybridized carbons (Fsp3) is 1.00. The summed E-state index contributed by atoms with van der Waals surface area (Å²) in [7, 11) is -3.86. The van der Waals surface area contributed by atoms with Crippen molar-refractivity contribution in [3.8, 4) is 0 Å². The van der Waals surface area contributed by atoms with Crippen molar-refractivity contribution in [1.82, 2.24) is 4.89 Å². The minimum atomic E-state index is -3.86. The van der Waals surface area contributed by atoms with E-state index in [0.717, 1.165) is 4.89 Å². The van der Waals surface area contributed by atoms with Crippen LogP contribution in [0.1, 0.15) is 6.92 Å². The average Bonchev–Trinajstić information content (AvgIpc) is 1.67. The van der Waals surface area contributed by atoms with Crippen molar-refractivity contribution in [2.75, 3.05) is 6.61 Å². The van der Waals surface area contributed by atoms with E-state index in [0.29, 0.717) is 0 Å². The molecule has 0 bridgehead atoms. The van der Waals surface area contributed by atoms with E-state index in [1.165, 1.54) is 6.92 Å². The first-order valence-electron chi connectivity index (χ1n) is 1.92. The molecule has 0 aliphatic carbocycles. The summed E-state index contributed by atoms with van der Waals surface area (Å²) in [6.45, 7) is 1.50. The molecule has 7 heteroatoms.